The van der Waals surface area contributed by atoms with Gasteiger partial charge in [0.25, 0.3) is 40.5 Å². The number of allylic oxidation sites excluding steroid dienone is 11. The molecule has 0 bridgehead atoms. The molecule has 9 rings (SSSR count). The quantitative estimate of drug-likeness (QED) is 0.0211. The number of benzene rings is 4. The third-order valence-electron chi connectivity index (χ3n) is 17.1. The van der Waals surface area contributed by atoms with E-state index in [0.717, 1.165) is 53.2 Å². The average molecular weight is 1490 g/mol. The van der Waals surface area contributed by atoms with Crippen molar-refractivity contribution in [1.82, 2.24) is 0 Å². The summed E-state index contributed by atoms with van der Waals surface area (Å²) in [7, 11) is -24.8. The van der Waals surface area contributed by atoms with E-state index in [4.69, 9.17) is 40.4 Å². The van der Waals surface area contributed by atoms with Gasteiger partial charge in [0.2, 0.25) is 5.69 Å². The van der Waals surface area contributed by atoms with E-state index in [2.05, 4.69) is 43.0 Å². The van der Waals surface area contributed by atoms with Crippen molar-refractivity contribution >= 4 is 125 Å². The Hall–Kier alpha value is -5.12. The third kappa shape index (κ3) is 21.7. The van der Waals surface area contributed by atoms with Gasteiger partial charge in [-0.1, -0.05) is 99.5 Å². The molecule has 31 heteroatoms. The fourth-order valence-corrected chi connectivity index (χ4v) is 15.2. The number of nitrogens with zero attached hydrogens (tertiary/aromatic N) is 4. The van der Waals surface area contributed by atoms with Crippen LogP contribution in [0.5, 0.6) is 0 Å². The minimum Gasteiger partial charge on any atom is -0.744 e. The molecule has 5 aliphatic rings. The number of para-hydroxylation sites is 1. The van der Waals surface area contributed by atoms with Gasteiger partial charge in [0, 0.05) is 88.4 Å². The number of fused-ring (bicyclic) bond motifs is 3. The first-order chi connectivity index (χ1) is 44.0. The average Bonchev–Trinajstić information content (AvgIpc) is 1.60. The van der Waals surface area contributed by atoms with E-state index < -0.39 is 88.4 Å². The normalized spacial score (nSPS) is 19.1. The van der Waals surface area contributed by atoms with Crippen LogP contribution in [-0.2, 0) is 77.4 Å². The van der Waals surface area contributed by atoms with E-state index in [-0.39, 0.29) is 77.5 Å². The second kappa shape index (κ2) is 33.4. The van der Waals surface area contributed by atoms with E-state index in [1.165, 1.54) is 47.2 Å². The molecule has 0 amide bonds. The van der Waals surface area contributed by atoms with Crippen molar-refractivity contribution in [3.8, 4) is 0 Å². The van der Waals surface area contributed by atoms with E-state index in [1.54, 1.807) is 6.07 Å². The summed E-state index contributed by atoms with van der Waals surface area (Å²) >= 11 is 13.4. The summed E-state index contributed by atoms with van der Waals surface area (Å²) in [6, 6.07) is 27.1. The van der Waals surface area contributed by atoms with Crippen LogP contribution in [0.1, 0.15) is 123 Å². The molecule has 1 atom stereocenters. The first-order valence-electron chi connectivity index (χ1n) is 30.0. The minimum absolute atomic E-state index is 0. The Morgan fingerprint density at radius 3 is 1.83 bits per heavy atom. The fraction of sp³-hybridized carbons (Fsp3) is 0.400. The van der Waals surface area contributed by atoms with Gasteiger partial charge in [-0.2, -0.15) is 56.4 Å². The molecule has 4 aromatic rings. The van der Waals surface area contributed by atoms with E-state index in [9.17, 15) is 60.3 Å². The van der Waals surface area contributed by atoms with Crippen LogP contribution in [0.2, 0.25) is 0 Å². The molecule has 0 saturated heterocycles. The van der Waals surface area contributed by atoms with Gasteiger partial charge in [-0.15, -0.1) is 18.7 Å². The predicted molar refractivity (Wildman–Crippen MR) is 367 cm³/mol. The number of hydrogen-bond donors (Lipinski definition) is 4. The summed E-state index contributed by atoms with van der Waals surface area (Å²) in [4.78, 5) is 5.64. The Morgan fingerprint density at radius 1 is 0.688 bits per heavy atom. The summed E-state index contributed by atoms with van der Waals surface area (Å²) in [5.41, 5.74) is 9.27. The van der Waals surface area contributed by atoms with Crippen molar-refractivity contribution in [2.24, 2.45) is 10.9 Å². The van der Waals surface area contributed by atoms with Crippen molar-refractivity contribution < 1.29 is 116 Å². The molecule has 0 fully saturated rings. The number of rotatable bonds is 20. The summed E-state index contributed by atoms with van der Waals surface area (Å²) < 4.78 is 194. The zero-order chi connectivity index (χ0) is 70.9. The zero-order valence-electron chi connectivity index (χ0n) is 54.4. The Kier molecular flexibility index (Phi) is 28.3. The Bertz CT molecular complexity index is 4600. The molecule has 0 saturated carbocycles. The van der Waals surface area contributed by atoms with Gasteiger partial charge in [-0.05, 0) is 130 Å². The van der Waals surface area contributed by atoms with Crippen molar-refractivity contribution in [3.63, 3.8) is 0 Å². The van der Waals surface area contributed by atoms with E-state index >= 15 is 0 Å². The molecule has 96 heavy (non-hydrogen) atoms. The second-order valence-corrected chi connectivity index (χ2v) is 33.3. The Morgan fingerprint density at radius 2 is 1.25 bits per heavy atom. The first-order valence-corrected chi connectivity index (χ1v) is 39.4. The van der Waals surface area contributed by atoms with Crippen LogP contribution in [0.3, 0.4) is 0 Å². The molecular formula is C65H78Cl2N4NaO18S6+. The molecule has 22 nitrogen and oxygen atoms in total. The molecule has 516 valence electrons. The van der Waals surface area contributed by atoms with Crippen LogP contribution in [0.15, 0.2) is 169 Å². The van der Waals surface area contributed by atoms with Crippen LogP contribution >= 0.6 is 23.2 Å². The predicted octanol–water partition coefficient (Wildman–Crippen LogP) is 8.64. The van der Waals surface area contributed by atoms with Gasteiger partial charge in [0.15, 0.2) is 11.4 Å². The molecular weight excluding hydrogens is 1410 g/mol. The van der Waals surface area contributed by atoms with Gasteiger partial charge in [-0.3, -0.25) is 23.2 Å². The minimum atomic E-state index is -4.76. The maximum Gasteiger partial charge on any atom is 1.00 e. The van der Waals surface area contributed by atoms with Crippen LogP contribution in [0.4, 0.5) is 22.7 Å². The summed E-state index contributed by atoms with van der Waals surface area (Å²) in [6.07, 6.45) is 17.0. The van der Waals surface area contributed by atoms with E-state index in [0.29, 0.717) is 64.7 Å². The summed E-state index contributed by atoms with van der Waals surface area (Å²) in [5, 5.41) is 1.39. The van der Waals surface area contributed by atoms with Crippen LogP contribution in [0.25, 0.3) is 0 Å². The van der Waals surface area contributed by atoms with Gasteiger partial charge in [-0.25, -0.2) is 13.0 Å². The van der Waals surface area contributed by atoms with Crippen LogP contribution in [-0.4, -0.2) is 141 Å². The third-order valence-corrected chi connectivity index (χ3v) is 22.2. The number of anilines is 1. The maximum atomic E-state index is 12.0. The summed E-state index contributed by atoms with van der Waals surface area (Å²) in [5.74, 6) is -0.936. The first kappa shape index (κ1) is 81.6. The smallest absolute Gasteiger partial charge is 0.744 e. The zero-order valence-corrected chi connectivity index (χ0v) is 62.8. The maximum absolute atomic E-state index is 12.0. The van der Waals surface area contributed by atoms with Gasteiger partial charge < -0.3 is 9.45 Å². The van der Waals surface area contributed by atoms with E-state index in [1.807, 2.05) is 122 Å². The number of halogens is 2. The van der Waals surface area contributed by atoms with Gasteiger partial charge in [0.1, 0.15) is 28.9 Å². The standard InChI is InChI=1S/C36H43ClN2O12S4.C15H16ClN.C14H19NO3S.Na.O3S/c1-35(2)28-22-26(54(46,47)48)12-14-30(28)38(18-6-20-52(40,41)42)32(35)16-10-24-8-5-9-25(34(24)37)11-17-33-36(3,4)29-23-27(55(49,50)51)13-15-31(29)39(33)19-7-21-53(43,44)45;1-2-12-7-6-8-13(15(12)16)11-17-14-9-4-3-5-10-14;1-11-14(2,3)12-7-4-5-8-13(12)15(11)9-6-10-19(16,17)18;;1-4(2)3/h10-17,22-23H,5-9,18-21H2,1-4H3,(H3-,40,41,42,43,44,45,46,47,48,49,50,51);2-5,9-11,13H,1,6-8H2;5,7-8H,6,9-10H2,1-3H3,(H,16,17,18);;/q;;;+1;. The van der Waals surface area contributed by atoms with Gasteiger partial charge in [0.05, 0.1) is 38.2 Å². The van der Waals surface area contributed by atoms with Crippen molar-refractivity contribution in [2.75, 3.05) is 41.8 Å². The summed E-state index contributed by atoms with van der Waals surface area (Å²) in [6.45, 7) is 18.5. The molecule has 0 spiro atoms. The second-order valence-electron chi connectivity index (χ2n) is 24.6. The SMILES string of the molecule is C=CC1=C(Cl)C(C=Nc2ccccc2)CCC1.CC1(C)C(/C=C/C2=C(Cl)C(=C/C=C3\N(CCCS(=O)(=O)O)c4ccc(S(=O)(=O)O)cc4C3(C)C)/CCC2)=[N+](CCCS(=O)(=O)O)c2ccc(S(=O)(=O)[O-])cc21.CC1=[N+](CCCS(=O)(=O)O)c2cc[c-]cc2C1(C)C.O=S(=O)=O.[Na+]. The molecule has 3 aliphatic heterocycles. The van der Waals surface area contributed by atoms with Crippen LogP contribution < -0.4 is 34.5 Å². The fourth-order valence-electron chi connectivity index (χ4n) is 12.1. The largest absolute Gasteiger partial charge is 1.00 e. The molecule has 1 unspecified atom stereocenters. The topological polar surface area (TPSA) is 348 Å². The van der Waals surface area contributed by atoms with Crippen molar-refractivity contribution in [1.29, 1.82) is 0 Å². The molecule has 4 N–H and O–H groups in total. The van der Waals surface area contributed by atoms with Crippen molar-refractivity contribution in [3.05, 3.63) is 177 Å². The monoisotopic (exact) mass is 1490 g/mol. The van der Waals surface area contributed by atoms with Crippen LogP contribution in [0, 0.1) is 12.0 Å². The molecule has 2 aliphatic carbocycles. The molecule has 3 heterocycles. The van der Waals surface area contributed by atoms with Crippen molar-refractivity contribution in [2.45, 2.75) is 132 Å². The number of aliphatic imine (C=N–C) groups is 1. The Labute approximate surface area is 597 Å². The molecule has 0 aromatic heterocycles. The molecule has 0 radical (unpaired) electrons. The van der Waals surface area contributed by atoms with Gasteiger partial charge >= 0.3 is 40.2 Å². The molecule has 4 aromatic carbocycles. The number of hydrogen-bond acceptors (Lipinski definition) is 16. The Balaban J connectivity index is 0.000000327.